The molecule has 3 aliphatic heterocycles. The van der Waals surface area contributed by atoms with Gasteiger partial charge in [0.25, 0.3) is 0 Å². The molecule has 2 unspecified atom stereocenters. The number of carbonyl (C=O) groups is 1. The first kappa shape index (κ1) is 27.3. The molecular weight excluding hydrogens is 486 g/mol. The zero-order valence-electron chi connectivity index (χ0n) is 23.9. The number of likely N-dealkylation sites (tertiary alicyclic amines) is 1. The van der Waals surface area contributed by atoms with Crippen molar-refractivity contribution >= 4 is 29.4 Å². The molecule has 2 atom stereocenters. The Balaban J connectivity index is 1.53. The van der Waals surface area contributed by atoms with Gasteiger partial charge in [-0.1, -0.05) is 24.8 Å². The molecule has 0 aliphatic carbocycles. The highest BCUT2D eigenvalue weighted by atomic mass is 16.1. The number of fused-ring (bicyclic) bond motifs is 1. The number of aromatic nitrogens is 2. The fourth-order valence-corrected chi connectivity index (χ4v) is 6.26. The van der Waals surface area contributed by atoms with E-state index in [9.17, 15) is 4.79 Å². The number of nitrogens with zero attached hydrogens (tertiary/aromatic N) is 5. The molecule has 8 nitrogen and oxygen atoms in total. The Kier molecular flexibility index (Phi) is 8.33. The molecule has 2 N–H and O–H groups in total. The average molecular weight is 530 g/mol. The van der Waals surface area contributed by atoms with Crippen molar-refractivity contribution < 1.29 is 4.79 Å². The summed E-state index contributed by atoms with van der Waals surface area (Å²) in [6.45, 7) is 19.2. The second-order valence-corrected chi connectivity index (χ2v) is 11.6. The summed E-state index contributed by atoms with van der Waals surface area (Å²) < 4.78 is 0. The van der Waals surface area contributed by atoms with Gasteiger partial charge in [-0.2, -0.15) is 4.98 Å². The molecule has 0 amide bonds. The first-order chi connectivity index (χ1) is 18.9. The van der Waals surface area contributed by atoms with Crippen LogP contribution >= 0.6 is 0 Å². The smallest absolute Gasteiger partial charge is 0.227 e. The summed E-state index contributed by atoms with van der Waals surface area (Å²) in [5.41, 5.74) is 4.55. The van der Waals surface area contributed by atoms with Crippen molar-refractivity contribution in [2.75, 3.05) is 49.1 Å². The summed E-state index contributed by atoms with van der Waals surface area (Å²) in [7, 11) is 0. The lowest BCUT2D eigenvalue weighted by Gasteiger charge is -2.31. The number of hydrogen-bond acceptors (Lipinski definition) is 8. The Bertz CT molecular complexity index is 1210. The first-order valence-corrected chi connectivity index (χ1v) is 14.4. The minimum atomic E-state index is 0.353. The van der Waals surface area contributed by atoms with Crippen molar-refractivity contribution in [3.63, 3.8) is 0 Å². The maximum atomic E-state index is 11.6. The van der Waals surface area contributed by atoms with Gasteiger partial charge in [0, 0.05) is 55.9 Å². The Hall–Kier alpha value is -3.23. The van der Waals surface area contributed by atoms with Crippen molar-refractivity contribution in [1.29, 1.82) is 0 Å². The number of rotatable bonds is 9. The highest BCUT2D eigenvalue weighted by molar-refractivity contribution is 5.81. The van der Waals surface area contributed by atoms with Gasteiger partial charge in [0.2, 0.25) is 5.95 Å². The minimum Gasteiger partial charge on any atom is -0.382 e. The SMILES string of the molecule is C=C(NC1CCNCC1)c1cnc(N2CC3CN(C(C)C)CC3C2)nc1N(/C(C)=C/C=O)c1ccccc1C. The summed E-state index contributed by atoms with van der Waals surface area (Å²) in [4.78, 5) is 28.8. The third-order valence-corrected chi connectivity index (χ3v) is 8.56. The van der Waals surface area contributed by atoms with Crippen LogP contribution in [0, 0.1) is 18.8 Å². The summed E-state index contributed by atoms with van der Waals surface area (Å²) in [5, 5.41) is 7.08. The molecule has 2 aromatic rings. The van der Waals surface area contributed by atoms with Crippen LogP contribution in [0.4, 0.5) is 17.5 Å². The highest BCUT2D eigenvalue weighted by Crippen LogP contribution is 2.38. The number of carbonyl (C=O) groups excluding carboxylic acids is 1. The number of aldehydes is 1. The molecule has 0 bridgehead atoms. The van der Waals surface area contributed by atoms with Crippen molar-refractivity contribution in [2.24, 2.45) is 11.8 Å². The molecule has 39 heavy (non-hydrogen) atoms. The summed E-state index contributed by atoms with van der Waals surface area (Å²) in [6.07, 6.45) is 6.45. The third-order valence-electron chi connectivity index (χ3n) is 8.56. The van der Waals surface area contributed by atoms with Gasteiger partial charge in [-0.3, -0.25) is 9.69 Å². The van der Waals surface area contributed by atoms with Gasteiger partial charge in [0.1, 0.15) is 6.29 Å². The molecule has 0 spiro atoms. The molecule has 3 aliphatic rings. The van der Waals surface area contributed by atoms with Gasteiger partial charge in [-0.05, 0) is 83.2 Å². The van der Waals surface area contributed by atoms with Crippen LogP contribution in [-0.2, 0) is 4.79 Å². The van der Waals surface area contributed by atoms with Crippen molar-refractivity contribution in [1.82, 2.24) is 25.5 Å². The van der Waals surface area contributed by atoms with Crippen molar-refractivity contribution in [3.05, 3.63) is 59.9 Å². The number of nitrogens with one attached hydrogen (secondary N) is 2. The van der Waals surface area contributed by atoms with Gasteiger partial charge in [0.05, 0.1) is 11.3 Å². The molecule has 3 saturated heterocycles. The molecule has 208 valence electrons. The van der Waals surface area contributed by atoms with Crippen LogP contribution in [0.3, 0.4) is 0 Å². The zero-order valence-corrected chi connectivity index (χ0v) is 23.9. The lowest BCUT2D eigenvalue weighted by atomic mass is 10.0. The van der Waals surface area contributed by atoms with Gasteiger partial charge in [0.15, 0.2) is 5.82 Å². The van der Waals surface area contributed by atoms with Crippen LogP contribution in [0.2, 0.25) is 0 Å². The third kappa shape index (κ3) is 5.87. The number of benzene rings is 1. The van der Waals surface area contributed by atoms with Gasteiger partial charge in [-0.25, -0.2) is 4.98 Å². The van der Waals surface area contributed by atoms with E-state index in [1.165, 1.54) is 0 Å². The van der Waals surface area contributed by atoms with Crippen LogP contribution in [0.15, 0.2) is 48.8 Å². The van der Waals surface area contributed by atoms with Gasteiger partial charge >= 0.3 is 0 Å². The molecule has 0 saturated carbocycles. The Morgan fingerprint density at radius 1 is 1.15 bits per heavy atom. The largest absolute Gasteiger partial charge is 0.382 e. The average Bonchev–Trinajstić information content (AvgIpc) is 3.51. The second kappa shape index (κ2) is 11.9. The zero-order chi connectivity index (χ0) is 27.5. The highest BCUT2D eigenvalue weighted by Gasteiger charge is 2.41. The number of piperidine rings is 1. The van der Waals surface area contributed by atoms with E-state index in [0.29, 0.717) is 23.9 Å². The number of allylic oxidation sites excluding steroid dienone is 2. The number of para-hydroxylation sites is 1. The second-order valence-electron chi connectivity index (χ2n) is 11.6. The summed E-state index contributed by atoms with van der Waals surface area (Å²) in [5.74, 6) is 2.77. The maximum Gasteiger partial charge on any atom is 0.227 e. The van der Waals surface area contributed by atoms with Gasteiger partial charge in [-0.15, -0.1) is 0 Å². The van der Waals surface area contributed by atoms with E-state index < -0.39 is 0 Å². The van der Waals surface area contributed by atoms with Crippen LogP contribution in [-0.4, -0.2) is 72.5 Å². The predicted octanol–water partition coefficient (Wildman–Crippen LogP) is 4.11. The van der Waals surface area contributed by atoms with Crippen LogP contribution < -0.4 is 20.4 Å². The lowest BCUT2D eigenvalue weighted by molar-refractivity contribution is -0.104. The standard InChI is InChI=1S/C31H43N7O/c1-21(2)36-17-25-19-37(20-26(25)18-36)31-33-16-28(24(5)34-27-10-13-32-14-11-27)30(35-31)38(23(4)12-15-39)29-9-7-6-8-22(29)3/h6-9,12,15-16,21,25-27,32,34H,5,10-11,13-14,17-20H2,1-4H3/b23-12+. The summed E-state index contributed by atoms with van der Waals surface area (Å²) >= 11 is 0. The van der Waals surface area contributed by atoms with Crippen molar-refractivity contribution in [3.8, 4) is 0 Å². The molecule has 4 heterocycles. The van der Waals surface area contributed by atoms with E-state index in [1.54, 1.807) is 6.08 Å². The fourth-order valence-electron chi connectivity index (χ4n) is 6.26. The molecule has 3 fully saturated rings. The molecule has 0 radical (unpaired) electrons. The van der Waals surface area contributed by atoms with E-state index in [2.05, 4.69) is 64.8 Å². The number of anilines is 3. The van der Waals surface area contributed by atoms with Crippen molar-refractivity contribution in [2.45, 2.75) is 52.6 Å². The number of hydrogen-bond donors (Lipinski definition) is 2. The quantitative estimate of drug-likeness (QED) is 0.371. The number of aryl methyl sites for hydroxylation is 1. The van der Waals surface area contributed by atoms with E-state index in [1.807, 2.05) is 25.3 Å². The predicted molar refractivity (Wildman–Crippen MR) is 159 cm³/mol. The first-order valence-electron chi connectivity index (χ1n) is 14.4. The van der Waals surface area contributed by atoms with E-state index in [-0.39, 0.29) is 0 Å². The molecule has 5 rings (SSSR count). The van der Waals surface area contributed by atoms with Gasteiger partial charge < -0.3 is 20.4 Å². The molecule has 8 heteroatoms. The fraction of sp³-hybridized carbons (Fsp3) is 0.516. The molecule has 1 aromatic heterocycles. The summed E-state index contributed by atoms with van der Waals surface area (Å²) in [6, 6.07) is 9.15. The van der Waals surface area contributed by atoms with E-state index in [0.717, 1.165) is 98.4 Å². The normalized spacial score (nSPS) is 22.3. The maximum absolute atomic E-state index is 11.6. The van der Waals surface area contributed by atoms with E-state index in [4.69, 9.17) is 9.97 Å². The van der Waals surface area contributed by atoms with Crippen LogP contribution in [0.1, 0.15) is 44.7 Å². The topological polar surface area (TPSA) is 76.6 Å². The molecule has 1 aromatic carbocycles. The Labute approximate surface area is 233 Å². The van der Waals surface area contributed by atoms with Crippen LogP contribution in [0.25, 0.3) is 5.70 Å². The lowest BCUT2D eigenvalue weighted by Crippen LogP contribution is -2.39. The Morgan fingerprint density at radius 3 is 2.49 bits per heavy atom. The Morgan fingerprint density at radius 2 is 1.85 bits per heavy atom. The minimum absolute atomic E-state index is 0.353. The van der Waals surface area contributed by atoms with E-state index >= 15 is 0 Å². The van der Waals surface area contributed by atoms with Crippen LogP contribution in [0.5, 0.6) is 0 Å². The monoisotopic (exact) mass is 529 g/mol. The molecular formula is C31H43N7O.